The number of rotatable bonds is 6. The first-order chi connectivity index (χ1) is 12.4. The van der Waals surface area contributed by atoms with E-state index in [9.17, 15) is 9.59 Å². The first kappa shape index (κ1) is 19.9. The number of benzene rings is 2. The summed E-state index contributed by atoms with van der Waals surface area (Å²) in [4.78, 5) is 24.5. The van der Waals surface area contributed by atoms with Gasteiger partial charge in [0, 0.05) is 0 Å². The summed E-state index contributed by atoms with van der Waals surface area (Å²) < 4.78 is 15.4. The van der Waals surface area contributed by atoms with Crippen LogP contribution < -0.4 is 14.8 Å². The molecular weight excluding hydrogens is 381 g/mol. The minimum atomic E-state index is -1.05. The molecule has 0 saturated carbocycles. The Morgan fingerprint density at radius 2 is 1.65 bits per heavy atom. The third-order valence-electron chi connectivity index (χ3n) is 3.46. The number of halogens is 2. The zero-order valence-corrected chi connectivity index (χ0v) is 15.9. The SMILES string of the molecule is COc1ccccc1NC(=O)[C@@H](C)OC(=O)c1cc(Cl)c(OC)c(Cl)c1. The number of para-hydroxylation sites is 2. The minimum Gasteiger partial charge on any atom is -0.495 e. The van der Waals surface area contributed by atoms with E-state index in [1.807, 2.05) is 0 Å². The summed E-state index contributed by atoms with van der Waals surface area (Å²) in [5.74, 6) is -0.493. The van der Waals surface area contributed by atoms with Crippen LogP contribution in [0, 0.1) is 0 Å². The van der Waals surface area contributed by atoms with Gasteiger partial charge >= 0.3 is 5.97 Å². The Hall–Kier alpha value is -2.44. The molecule has 0 aliphatic heterocycles. The average Bonchev–Trinajstić information content (AvgIpc) is 2.61. The normalized spacial score (nSPS) is 11.4. The molecule has 1 atom stereocenters. The molecule has 1 N–H and O–H groups in total. The zero-order chi connectivity index (χ0) is 19.3. The first-order valence-corrected chi connectivity index (χ1v) is 8.30. The molecular formula is C18H17Cl2NO5. The van der Waals surface area contributed by atoms with Gasteiger partial charge in [-0.25, -0.2) is 4.79 Å². The van der Waals surface area contributed by atoms with Crippen LogP contribution in [0.4, 0.5) is 5.69 Å². The van der Waals surface area contributed by atoms with E-state index in [0.29, 0.717) is 11.4 Å². The molecule has 0 saturated heterocycles. The maximum absolute atomic E-state index is 12.3. The fraction of sp³-hybridized carbons (Fsp3) is 0.222. The second kappa shape index (κ2) is 8.78. The van der Waals surface area contributed by atoms with Crippen molar-refractivity contribution in [3.05, 3.63) is 52.0 Å². The van der Waals surface area contributed by atoms with E-state index in [0.717, 1.165) is 0 Å². The smallest absolute Gasteiger partial charge is 0.339 e. The topological polar surface area (TPSA) is 73.9 Å². The van der Waals surface area contributed by atoms with Crippen molar-refractivity contribution >= 4 is 40.8 Å². The van der Waals surface area contributed by atoms with Crippen molar-refractivity contribution in [1.29, 1.82) is 0 Å². The molecule has 0 aromatic heterocycles. The number of ether oxygens (including phenoxy) is 3. The van der Waals surface area contributed by atoms with Crippen molar-refractivity contribution in [2.24, 2.45) is 0 Å². The Morgan fingerprint density at radius 1 is 1.04 bits per heavy atom. The van der Waals surface area contributed by atoms with Gasteiger partial charge in [-0.2, -0.15) is 0 Å². The molecule has 138 valence electrons. The highest BCUT2D eigenvalue weighted by Gasteiger charge is 2.21. The molecule has 2 rings (SSSR count). The van der Waals surface area contributed by atoms with Crippen LogP contribution in [0.15, 0.2) is 36.4 Å². The van der Waals surface area contributed by atoms with Crippen LogP contribution in [0.25, 0.3) is 0 Å². The van der Waals surface area contributed by atoms with Gasteiger partial charge < -0.3 is 19.5 Å². The maximum Gasteiger partial charge on any atom is 0.339 e. The van der Waals surface area contributed by atoms with Crippen LogP contribution in [-0.2, 0) is 9.53 Å². The highest BCUT2D eigenvalue weighted by molar-refractivity contribution is 6.37. The molecule has 0 heterocycles. The summed E-state index contributed by atoms with van der Waals surface area (Å²) in [5.41, 5.74) is 0.580. The Kier molecular flexibility index (Phi) is 6.71. The summed E-state index contributed by atoms with van der Waals surface area (Å²) in [6.07, 6.45) is -1.05. The molecule has 1 amide bonds. The first-order valence-electron chi connectivity index (χ1n) is 7.55. The van der Waals surface area contributed by atoms with Gasteiger partial charge in [-0.3, -0.25) is 4.79 Å². The van der Waals surface area contributed by atoms with Gasteiger partial charge in [-0.15, -0.1) is 0 Å². The highest BCUT2D eigenvalue weighted by atomic mass is 35.5. The summed E-state index contributed by atoms with van der Waals surface area (Å²) in [7, 11) is 2.90. The van der Waals surface area contributed by atoms with E-state index in [1.54, 1.807) is 24.3 Å². The van der Waals surface area contributed by atoms with Crippen LogP contribution in [0.2, 0.25) is 10.0 Å². The zero-order valence-electron chi connectivity index (χ0n) is 14.3. The molecule has 6 nitrogen and oxygen atoms in total. The predicted molar refractivity (Wildman–Crippen MR) is 99.5 cm³/mol. The van der Waals surface area contributed by atoms with Crippen LogP contribution in [-0.4, -0.2) is 32.2 Å². The Bertz CT molecular complexity index is 802. The number of hydrogen-bond acceptors (Lipinski definition) is 5. The van der Waals surface area contributed by atoms with Crippen LogP contribution in [0.3, 0.4) is 0 Å². The van der Waals surface area contributed by atoms with Crippen molar-refractivity contribution in [2.45, 2.75) is 13.0 Å². The van der Waals surface area contributed by atoms with Crippen molar-refractivity contribution in [2.75, 3.05) is 19.5 Å². The fourth-order valence-corrected chi connectivity index (χ4v) is 2.78. The largest absolute Gasteiger partial charge is 0.495 e. The predicted octanol–water partition coefficient (Wildman–Crippen LogP) is 4.19. The molecule has 0 aliphatic carbocycles. The summed E-state index contributed by atoms with van der Waals surface area (Å²) in [5, 5.41) is 2.98. The van der Waals surface area contributed by atoms with Crippen molar-refractivity contribution in [3.63, 3.8) is 0 Å². The Balaban J connectivity index is 2.08. The molecule has 0 fully saturated rings. The maximum atomic E-state index is 12.3. The van der Waals surface area contributed by atoms with Gasteiger partial charge in [-0.1, -0.05) is 35.3 Å². The number of esters is 1. The van der Waals surface area contributed by atoms with Crippen LogP contribution in [0.1, 0.15) is 17.3 Å². The Morgan fingerprint density at radius 3 is 2.23 bits per heavy atom. The summed E-state index contributed by atoms with van der Waals surface area (Å²) in [6, 6.07) is 9.62. The average molecular weight is 398 g/mol. The lowest BCUT2D eigenvalue weighted by Gasteiger charge is -2.15. The second-order valence-corrected chi connectivity index (χ2v) is 6.02. The van der Waals surface area contributed by atoms with Gasteiger partial charge in [-0.05, 0) is 31.2 Å². The third-order valence-corrected chi connectivity index (χ3v) is 4.02. The number of carbonyl (C=O) groups is 2. The van der Waals surface area contributed by atoms with E-state index in [4.69, 9.17) is 37.4 Å². The van der Waals surface area contributed by atoms with Gasteiger partial charge in [0.25, 0.3) is 5.91 Å². The lowest BCUT2D eigenvalue weighted by atomic mass is 10.2. The number of amides is 1. The molecule has 26 heavy (non-hydrogen) atoms. The Labute approximate surface area is 160 Å². The quantitative estimate of drug-likeness (QED) is 0.739. The van der Waals surface area contributed by atoms with Crippen molar-refractivity contribution in [3.8, 4) is 11.5 Å². The lowest BCUT2D eigenvalue weighted by Crippen LogP contribution is -2.30. The number of hydrogen-bond donors (Lipinski definition) is 1. The standard InChI is InChI=1S/C18H17Cl2NO5/c1-10(17(22)21-14-6-4-5-7-15(14)24-2)26-18(23)11-8-12(19)16(25-3)13(20)9-11/h4-10H,1-3H3,(H,21,22)/t10-/m1/s1. The fourth-order valence-electron chi connectivity index (χ4n) is 2.14. The van der Waals surface area contributed by atoms with E-state index in [-0.39, 0.29) is 21.4 Å². The van der Waals surface area contributed by atoms with Crippen molar-refractivity contribution < 1.29 is 23.8 Å². The van der Waals surface area contributed by atoms with Gasteiger partial charge in [0.15, 0.2) is 11.9 Å². The molecule has 8 heteroatoms. The highest BCUT2D eigenvalue weighted by Crippen LogP contribution is 2.34. The summed E-state index contributed by atoms with van der Waals surface area (Å²) in [6.45, 7) is 1.45. The van der Waals surface area contributed by atoms with E-state index in [2.05, 4.69) is 5.32 Å². The van der Waals surface area contributed by atoms with Crippen LogP contribution >= 0.6 is 23.2 Å². The summed E-state index contributed by atoms with van der Waals surface area (Å²) >= 11 is 12.0. The monoisotopic (exact) mass is 397 g/mol. The number of carbonyl (C=O) groups excluding carboxylic acids is 2. The minimum absolute atomic E-state index is 0.109. The molecule has 0 bridgehead atoms. The molecule has 0 aliphatic rings. The molecule has 2 aromatic rings. The van der Waals surface area contributed by atoms with Gasteiger partial charge in [0.05, 0.1) is 35.5 Å². The number of methoxy groups -OCH3 is 2. The van der Waals surface area contributed by atoms with Crippen molar-refractivity contribution in [1.82, 2.24) is 0 Å². The third kappa shape index (κ3) is 4.59. The number of anilines is 1. The van der Waals surface area contributed by atoms with E-state index >= 15 is 0 Å². The molecule has 0 radical (unpaired) electrons. The van der Waals surface area contributed by atoms with Gasteiger partial charge in [0.1, 0.15) is 5.75 Å². The molecule has 0 spiro atoms. The second-order valence-electron chi connectivity index (χ2n) is 5.21. The molecule has 2 aromatic carbocycles. The lowest BCUT2D eigenvalue weighted by molar-refractivity contribution is -0.123. The van der Waals surface area contributed by atoms with Gasteiger partial charge in [0.2, 0.25) is 0 Å². The van der Waals surface area contributed by atoms with E-state index in [1.165, 1.54) is 33.3 Å². The number of nitrogens with one attached hydrogen (secondary N) is 1. The van der Waals surface area contributed by atoms with Crippen LogP contribution in [0.5, 0.6) is 11.5 Å². The molecule has 0 unspecified atom stereocenters. The van der Waals surface area contributed by atoms with E-state index < -0.39 is 18.0 Å².